The van der Waals surface area contributed by atoms with E-state index in [9.17, 15) is 9.59 Å². The summed E-state index contributed by atoms with van der Waals surface area (Å²) < 4.78 is 5.97. The predicted octanol–water partition coefficient (Wildman–Crippen LogP) is 2.29. The first-order valence-electron chi connectivity index (χ1n) is 7.95. The molecule has 1 aliphatic heterocycles. The van der Waals surface area contributed by atoms with Crippen molar-refractivity contribution in [2.75, 3.05) is 13.1 Å². The average molecular weight is 297 g/mol. The zero-order chi connectivity index (χ0) is 15.6. The van der Waals surface area contributed by atoms with E-state index in [0.29, 0.717) is 19.3 Å². The minimum atomic E-state index is -0.761. The van der Waals surface area contributed by atoms with Crippen molar-refractivity contribution in [3.8, 4) is 0 Å². The number of ether oxygens (including phenoxy) is 1. The molecule has 1 saturated heterocycles. The van der Waals surface area contributed by atoms with E-state index in [1.807, 2.05) is 4.90 Å². The second-order valence-corrected chi connectivity index (χ2v) is 7.30. The molecule has 0 spiro atoms. The van der Waals surface area contributed by atoms with Crippen molar-refractivity contribution in [1.29, 1.82) is 0 Å². The average Bonchev–Trinajstić information content (AvgIpc) is 2.86. The Hall–Kier alpha value is -1.10. The lowest BCUT2D eigenvalue weighted by Gasteiger charge is -2.36. The van der Waals surface area contributed by atoms with Gasteiger partial charge in [-0.1, -0.05) is 0 Å². The molecule has 2 aliphatic rings. The summed E-state index contributed by atoms with van der Waals surface area (Å²) in [5.41, 5.74) is -0.142. The molecule has 1 saturated carbocycles. The van der Waals surface area contributed by atoms with Gasteiger partial charge in [0.2, 0.25) is 5.91 Å². The number of piperidine rings is 1. The Balaban J connectivity index is 1.80. The van der Waals surface area contributed by atoms with Gasteiger partial charge in [0, 0.05) is 19.0 Å². The van der Waals surface area contributed by atoms with Crippen LogP contribution >= 0.6 is 0 Å². The minimum absolute atomic E-state index is 0.0915. The molecule has 0 aromatic carbocycles. The van der Waals surface area contributed by atoms with Crippen molar-refractivity contribution in [3.05, 3.63) is 0 Å². The maximum atomic E-state index is 12.5. The predicted molar refractivity (Wildman–Crippen MR) is 78.9 cm³/mol. The number of hydrogen-bond acceptors (Lipinski definition) is 3. The Labute approximate surface area is 126 Å². The Morgan fingerprint density at radius 3 is 2.10 bits per heavy atom. The maximum absolute atomic E-state index is 12.5. The number of nitrogens with zero attached hydrogens (tertiary/aromatic N) is 1. The highest BCUT2D eigenvalue weighted by atomic mass is 16.5. The van der Waals surface area contributed by atoms with E-state index >= 15 is 0 Å². The molecule has 1 heterocycles. The van der Waals surface area contributed by atoms with Crippen LogP contribution in [0, 0.1) is 11.8 Å². The fourth-order valence-electron chi connectivity index (χ4n) is 3.38. The Bertz CT molecular complexity index is 394. The van der Waals surface area contributed by atoms with Crippen LogP contribution in [0.4, 0.5) is 0 Å². The molecular formula is C16H27NO4. The maximum Gasteiger partial charge on any atom is 0.306 e. The number of carbonyl (C=O) groups excluding carboxylic acids is 1. The number of carboxylic acids is 1. The molecule has 0 aromatic heterocycles. The van der Waals surface area contributed by atoms with Gasteiger partial charge in [-0.05, 0) is 52.9 Å². The molecule has 1 N–H and O–H groups in total. The number of carboxylic acid groups (broad SMARTS) is 1. The molecule has 2 atom stereocenters. The Morgan fingerprint density at radius 1 is 1.05 bits per heavy atom. The van der Waals surface area contributed by atoms with E-state index in [1.54, 1.807) is 0 Å². The number of amides is 1. The van der Waals surface area contributed by atoms with E-state index < -0.39 is 5.97 Å². The summed E-state index contributed by atoms with van der Waals surface area (Å²) in [5, 5.41) is 9.02. The van der Waals surface area contributed by atoms with Gasteiger partial charge in [0.05, 0.1) is 17.6 Å². The molecular weight excluding hydrogens is 270 g/mol. The molecule has 5 heteroatoms. The van der Waals surface area contributed by atoms with Gasteiger partial charge < -0.3 is 14.7 Å². The molecule has 120 valence electrons. The lowest BCUT2D eigenvalue weighted by molar-refractivity contribution is -0.142. The van der Waals surface area contributed by atoms with Crippen molar-refractivity contribution >= 4 is 11.9 Å². The summed E-state index contributed by atoms with van der Waals surface area (Å²) in [7, 11) is 0. The van der Waals surface area contributed by atoms with E-state index in [1.165, 1.54) is 0 Å². The fraction of sp³-hybridized carbons (Fsp3) is 0.875. The van der Waals surface area contributed by atoms with Crippen LogP contribution in [0.3, 0.4) is 0 Å². The number of hydrogen-bond donors (Lipinski definition) is 1. The van der Waals surface area contributed by atoms with Crippen molar-refractivity contribution in [1.82, 2.24) is 4.90 Å². The molecule has 2 fully saturated rings. The third kappa shape index (κ3) is 4.43. The van der Waals surface area contributed by atoms with Crippen LogP contribution < -0.4 is 0 Å². The van der Waals surface area contributed by atoms with E-state index in [-0.39, 0.29) is 29.4 Å². The van der Waals surface area contributed by atoms with Gasteiger partial charge >= 0.3 is 5.97 Å². The normalized spacial score (nSPS) is 27.9. The molecule has 21 heavy (non-hydrogen) atoms. The zero-order valence-corrected chi connectivity index (χ0v) is 13.3. The topological polar surface area (TPSA) is 66.8 Å². The SMILES string of the molecule is CC(C)(C)OC1CCN(C(=O)[C@@H]2CC[C@H](C(=O)O)C2)CC1. The minimum Gasteiger partial charge on any atom is -0.481 e. The summed E-state index contributed by atoms with van der Waals surface area (Å²) in [6.45, 7) is 7.61. The third-order valence-electron chi connectivity index (χ3n) is 4.40. The van der Waals surface area contributed by atoms with Crippen molar-refractivity contribution in [2.45, 2.75) is 64.6 Å². The van der Waals surface area contributed by atoms with Crippen molar-refractivity contribution in [2.24, 2.45) is 11.8 Å². The molecule has 0 unspecified atom stereocenters. The lowest BCUT2D eigenvalue weighted by atomic mass is 10.0. The molecule has 0 bridgehead atoms. The second kappa shape index (κ2) is 6.34. The van der Waals surface area contributed by atoms with Gasteiger partial charge in [0.25, 0.3) is 0 Å². The zero-order valence-electron chi connectivity index (χ0n) is 13.3. The first-order valence-corrected chi connectivity index (χ1v) is 7.95. The molecule has 0 radical (unpaired) electrons. The van der Waals surface area contributed by atoms with Crippen LogP contribution in [0.25, 0.3) is 0 Å². The van der Waals surface area contributed by atoms with Gasteiger partial charge in [-0.2, -0.15) is 0 Å². The summed E-state index contributed by atoms with van der Waals surface area (Å²) in [4.78, 5) is 25.3. The second-order valence-electron chi connectivity index (χ2n) is 7.30. The largest absolute Gasteiger partial charge is 0.481 e. The van der Waals surface area contributed by atoms with Gasteiger partial charge in [0.15, 0.2) is 0 Å². The van der Waals surface area contributed by atoms with Crippen LogP contribution in [0.15, 0.2) is 0 Å². The standard InChI is InChI=1S/C16H27NO4/c1-16(2,3)21-13-6-8-17(9-7-13)14(18)11-4-5-12(10-11)15(19)20/h11-13H,4-10H2,1-3H3,(H,19,20)/t11-,12+/m1/s1. The van der Waals surface area contributed by atoms with Gasteiger partial charge in [0.1, 0.15) is 0 Å². The van der Waals surface area contributed by atoms with Crippen molar-refractivity contribution < 1.29 is 19.4 Å². The van der Waals surface area contributed by atoms with Gasteiger partial charge in [-0.15, -0.1) is 0 Å². The van der Waals surface area contributed by atoms with Crippen LogP contribution in [0.2, 0.25) is 0 Å². The van der Waals surface area contributed by atoms with Crippen LogP contribution in [-0.4, -0.2) is 46.7 Å². The Morgan fingerprint density at radius 2 is 1.62 bits per heavy atom. The quantitative estimate of drug-likeness (QED) is 0.868. The van der Waals surface area contributed by atoms with E-state index in [0.717, 1.165) is 25.9 Å². The lowest BCUT2D eigenvalue weighted by Crippen LogP contribution is -2.44. The first kappa shape index (κ1) is 16.3. The Kier molecular flexibility index (Phi) is 4.91. The highest BCUT2D eigenvalue weighted by Crippen LogP contribution is 2.33. The highest BCUT2D eigenvalue weighted by Gasteiger charge is 2.37. The third-order valence-corrected chi connectivity index (χ3v) is 4.40. The summed E-state index contributed by atoms with van der Waals surface area (Å²) in [5.74, 6) is -1.04. The number of rotatable bonds is 3. The monoisotopic (exact) mass is 297 g/mol. The van der Waals surface area contributed by atoms with Gasteiger partial charge in [-0.25, -0.2) is 0 Å². The van der Waals surface area contributed by atoms with Crippen molar-refractivity contribution in [3.63, 3.8) is 0 Å². The van der Waals surface area contributed by atoms with Crippen LogP contribution in [-0.2, 0) is 14.3 Å². The molecule has 2 rings (SSSR count). The summed E-state index contributed by atoms with van der Waals surface area (Å²) in [6.07, 6.45) is 3.83. The molecule has 1 aliphatic carbocycles. The number of aliphatic carboxylic acids is 1. The number of likely N-dealkylation sites (tertiary alicyclic amines) is 1. The molecule has 0 aromatic rings. The summed E-state index contributed by atoms with van der Waals surface area (Å²) in [6, 6.07) is 0. The molecule has 1 amide bonds. The number of carbonyl (C=O) groups is 2. The van der Waals surface area contributed by atoms with E-state index in [4.69, 9.17) is 9.84 Å². The fourth-order valence-corrected chi connectivity index (χ4v) is 3.38. The first-order chi connectivity index (χ1) is 9.76. The highest BCUT2D eigenvalue weighted by molar-refractivity contribution is 5.81. The van der Waals surface area contributed by atoms with E-state index in [2.05, 4.69) is 20.8 Å². The van der Waals surface area contributed by atoms with Gasteiger partial charge in [-0.3, -0.25) is 9.59 Å². The smallest absolute Gasteiger partial charge is 0.306 e. The molecule has 5 nitrogen and oxygen atoms in total. The van der Waals surface area contributed by atoms with Crippen LogP contribution in [0.1, 0.15) is 52.9 Å². The summed E-state index contributed by atoms with van der Waals surface area (Å²) >= 11 is 0. The van der Waals surface area contributed by atoms with Crippen LogP contribution in [0.5, 0.6) is 0 Å².